The molecule has 5 heterocycles. The molecule has 0 aliphatic heterocycles. The van der Waals surface area contributed by atoms with E-state index in [2.05, 4.69) is 27.2 Å². The fourth-order valence-corrected chi connectivity index (χ4v) is 6.58. The van der Waals surface area contributed by atoms with Gasteiger partial charge in [0.1, 0.15) is 32.6 Å². The van der Waals surface area contributed by atoms with E-state index < -0.39 is 11.2 Å². The van der Waals surface area contributed by atoms with E-state index in [9.17, 15) is 4.55 Å². The van der Waals surface area contributed by atoms with Crippen LogP contribution in [0.25, 0.3) is 37.5 Å². The molecule has 1 N–H and O–H groups in total. The van der Waals surface area contributed by atoms with Gasteiger partial charge < -0.3 is 4.55 Å². The molecule has 7 nitrogen and oxygen atoms in total. The number of hydrogen-bond donors (Lipinski definition) is 1. The highest BCUT2D eigenvalue weighted by Gasteiger charge is 2.25. The lowest BCUT2D eigenvalue weighted by molar-refractivity contribution is 0.594. The first kappa shape index (κ1) is 17.1. The number of thiazole rings is 1. The molecule has 0 saturated carbocycles. The predicted octanol–water partition coefficient (Wildman–Crippen LogP) is 4.16. The van der Waals surface area contributed by atoms with E-state index in [1.165, 1.54) is 11.3 Å². The summed E-state index contributed by atoms with van der Waals surface area (Å²) in [4.78, 5) is 10.1. The molecule has 5 aromatic heterocycles. The van der Waals surface area contributed by atoms with Crippen LogP contribution >= 0.6 is 22.7 Å². The topological polar surface area (TPSA) is 94.8 Å². The average molecular weight is 417 g/mol. The predicted molar refractivity (Wildman–Crippen MR) is 110 cm³/mol. The highest BCUT2D eigenvalue weighted by Crippen LogP contribution is 2.40. The number of aromatic nitrogens is 6. The van der Waals surface area contributed by atoms with Crippen molar-refractivity contribution in [2.45, 2.75) is 30.9 Å². The SMILES string of the molecule is CCCC[S+]([O-])c1sc2nc(-c3nccs3)cc3c2c1[nH]n1c(C)nnc31. The zero-order valence-electron chi connectivity index (χ0n) is 14.7. The molecule has 5 aromatic rings. The molecule has 5 rings (SSSR count). The number of nitrogens with one attached hydrogen (secondary N) is 1. The van der Waals surface area contributed by atoms with E-state index >= 15 is 0 Å². The molecule has 0 saturated heterocycles. The number of H-pyrrole nitrogens is 1. The van der Waals surface area contributed by atoms with Crippen LogP contribution in [0.4, 0.5) is 0 Å². The van der Waals surface area contributed by atoms with Gasteiger partial charge in [-0.05, 0) is 30.6 Å². The first-order valence-electron chi connectivity index (χ1n) is 8.62. The third kappa shape index (κ3) is 2.66. The summed E-state index contributed by atoms with van der Waals surface area (Å²) >= 11 is 1.98. The molecule has 0 aliphatic carbocycles. The summed E-state index contributed by atoms with van der Waals surface area (Å²) in [5.74, 6) is 1.41. The van der Waals surface area contributed by atoms with Crippen molar-refractivity contribution in [1.82, 2.24) is 29.8 Å². The second kappa shape index (κ2) is 6.55. The number of nitrogens with zero attached hydrogens (tertiary/aromatic N) is 5. The maximum absolute atomic E-state index is 12.9. The quantitative estimate of drug-likeness (QED) is 0.434. The summed E-state index contributed by atoms with van der Waals surface area (Å²) in [5.41, 5.74) is 2.42. The van der Waals surface area contributed by atoms with Crippen molar-refractivity contribution < 1.29 is 4.55 Å². The van der Waals surface area contributed by atoms with E-state index in [1.807, 2.05) is 22.9 Å². The largest absolute Gasteiger partial charge is 0.611 e. The van der Waals surface area contributed by atoms with Gasteiger partial charge in [-0.15, -0.1) is 21.5 Å². The van der Waals surface area contributed by atoms with Crippen LogP contribution in [0.3, 0.4) is 0 Å². The van der Waals surface area contributed by atoms with Crippen LogP contribution in [0.2, 0.25) is 0 Å². The van der Waals surface area contributed by atoms with Gasteiger partial charge in [-0.25, -0.2) is 14.5 Å². The molecule has 0 bridgehead atoms. The van der Waals surface area contributed by atoms with Gasteiger partial charge >= 0.3 is 0 Å². The van der Waals surface area contributed by atoms with Crippen LogP contribution in [-0.2, 0) is 11.2 Å². The summed E-state index contributed by atoms with van der Waals surface area (Å²) < 4.78 is 15.6. The Morgan fingerprint density at radius 2 is 2.22 bits per heavy atom. The Morgan fingerprint density at radius 3 is 3.00 bits per heavy atom. The van der Waals surface area contributed by atoms with Crippen LogP contribution < -0.4 is 0 Å². The van der Waals surface area contributed by atoms with E-state index in [0.29, 0.717) is 5.75 Å². The summed E-state index contributed by atoms with van der Waals surface area (Å²) in [6.45, 7) is 4.01. The summed E-state index contributed by atoms with van der Waals surface area (Å²) in [5, 5.41) is 16.6. The second-order valence-electron chi connectivity index (χ2n) is 6.26. The number of rotatable bonds is 5. The van der Waals surface area contributed by atoms with Gasteiger partial charge in [0.15, 0.2) is 5.65 Å². The number of unbranched alkanes of at least 4 members (excludes halogenated alkanes) is 1. The highest BCUT2D eigenvalue weighted by molar-refractivity contribution is 7.93. The van der Waals surface area contributed by atoms with Gasteiger partial charge in [-0.1, -0.05) is 24.7 Å². The summed E-state index contributed by atoms with van der Waals surface area (Å²) in [7, 11) is 0. The van der Waals surface area contributed by atoms with Gasteiger partial charge in [-0.3, -0.25) is 5.10 Å². The number of pyridine rings is 1. The van der Waals surface area contributed by atoms with Crippen LogP contribution in [0.5, 0.6) is 0 Å². The van der Waals surface area contributed by atoms with Crippen molar-refractivity contribution in [2.75, 3.05) is 5.75 Å². The fourth-order valence-electron chi connectivity index (χ4n) is 3.13. The Balaban J connectivity index is 1.85. The lowest BCUT2D eigenvalue weighted by atomic mass is 10.2. The first-order chi connectivity index (χ1) is 13.2. The van der Waals surface area contributed by atoms with Crippen molar-refractivity contribution in [3.05, 3.63) is 23.5 Å². The highest BCUT2D eigenvalue weighted by atomic mass is 32.2. The third-order valence-corrected chi connectivity index (χ3v) is 8.22. The number of aromatic amines is 1. The monoisotopic (exact) mass is 416 g/mol. The van der Waals surface area contributed by atoms with E-state index in [-0.39, 0.29) is 0 Å². The molecule has 138 valence electrons. The minimum absolute atomic E-state index is 0.653. The van der Waals surface area contributed by atoms with Gasteiger partial charge in [0.2, 0.25) is 4.21 Å². The zero-order valence-corrected chi connectivity index (χ0v) is 17.2. The second-order valence-corrected chi connectivity index (χ2v) is 9.92. The van der Waals surface area contributed by atoms with Crippen LogP contribution in [-0.4, -0.2) is 40.1 Å². The van der Waals surface area contributed by atoms with Crippen molar-refractivity contribution in [3.63, 3.8) is 0 Å². The summed E-state index contributed by atoms with van der Waals surface area (Å²) in [6, 6.07) is 2.01. The van der Waals surface area contributed by atoms with Crippen molar-refractivity contribution >= 4 is 60.6 Å². The normalized spacial score (nSPS) is 13.3. The average Bonchev–Trinajstić information content (AvgIpc) is 3.40. The van der Waals surface area contributed by atoms with E-state index in [4.69, 9.17) is 4.98 Å². The lowest BCUT2D eigenvalue weighted by Gasteiger charge is -2.08. The number of aryl methyl sites for hydroxylation is 1. The van der Waals surface area contributed by atoms with Crippen LogP contribution in [0.15, 0.2) is 21.9 Å². The molecule has 1 unspecified atom stereocenters. The molecule has 0 aliphatic rings. The van der Waals surface area contributed by atoms with Crippen molar-refractivity contribution in [1.29, 1.82) is 0 Å². The fraction of sp³-hybridized carbons (Fsp3) is 0.294. The third-order valence-electron chi connectivity index (χ3n) is 4.46. The molecule has 0 spiro atoms. The minimum Gasteiger partial charge on any atom is -0.611 e. The number of fused-ring (bicyclic) bond motifs is 2. The molecule has 0 fully saturated rings. The van der Waals surface area contributed by atoms with Gasteiger partial charge in [0.05, 0.1) is 5.39 Å². The van der Waals surface area contributed by atoms with Crippen molar-refractivity contribution in [2.24, 2.45) is 0 Å². The van der Waals surface area contributed by atoms with Gasteiger partial charge in [0.25, 0.3) is 0 Å². The number of hydrogen-bond acceptors (Lipinski definition) is 7. The molecule has 0 amide bonds. The lowest BCUT2D eigenvalue weighted by Crippen LogP contribution is -2.06. The molecule has 0 radical (unpaired) electrons. The Bertz CT molecular complexity index is 1250. The number of thiophene rings is 1. The molecular formula is C17H16N6OS3. The van der Waals surface area contributed by atoms with E-state index in [0.717, 1.165) is 60.3 Å². The molecule has 1 atom stereocenters. The smallest absolute Gasteiger partial charge is 0.234 e. The zero-order chi connectivity index (χ0) is 18.5. The standard InChI is InChI=1S/C17H16N6OS3/c1-3-4-7-27(24)17-13-12-10(14-21-20-9(2)23(14)22-13)8-11(19-16(12)26-17)15-18-5-6-25-15/h5-6,8,22H,3-4,7H2,1-2H3. The molecule has 27 heavy (non-hydrogen) atoms. The van der Waals surface area contributed by atoms with Crippen molar-refractivity contribution in [3.8, 4) is 10.7 Å². The molecule has 0 aromatic carbocycles. The molecule has 10 heteroatoms. The Morgan fingerprint density at radius 1 is 1.33 bits per heavy atom. The maximum Gasteiger partial charge on any atom is 0.234 e. The van der Waals surface area contributed by atoms with Gasteiger partial charge in [0, 0.05) is 17.0 Å². The Kier molecular flexibility index (Phi) is 4.15. The first-order valence-corrected chi connectivity index (χ1v) is 11.6. The minimum atomic E-state index is -1.07. The summed E-state index contributed by atoms with van der Waals surface area (Å²) in [6.07, 6.45) is 3.73. The van der Waals surface area contributed by atoms with Crippen LogP contribution in [0.1, 0.15) is 25.6 Å². The molecular weight excluding hydrogens is 400 g/mol. The maximum atomic E-state index is 12.9. The Hall–Kier alpha value is -2.01. The van der Waals surface area contributed by atoms with Crippen LogP contribution in [0, 0.1) is 6.92 Å². The van der Waals surface area contributed by atoms with Gasteiger partial charge in [-0.2, -0.15) is 0 Å². The van der Waals surface area contributed by atoms with E-state index in [1.54, 1.807) is 17.5 Å². The Labute approximate surface area is 165 Å².